The molecule has 0 aromatic carbocycles. The van der Waals surface area contributed by atoms with Gasteiger partial charge in [-0.2, -0.15) is 0 Å². The molecule has 110 valence electrons. The number of carbonyl (C=O) groups excluding carboxylic acids is 1. The molecular formula is C13H23NO4S. The van der Waals surface area contributed by atoms with Crippen LogP contribution in [-0.2, 0) is 14.6 Å². The number of hydrogen-bond acceptors (Lipinski definition) is 4. The van der Waals surface area contributed by atoms with E-state index in [4.69, 9.17) is 0 Å². The Labute approximate surface area is 114 Å². The van der Waals surface area contributed by atoms with E-state index in [1.54, 1.807) is 4.90 Å². The van der Waals surface area contributed by atoms with E-state index in [9.17, 15) is 18.3 Å². The number of amides is 1. The molecule has 0 aromatic rings. The maximum Gasteiger partial charge on any atom is 0.223 e. The predicted octanol–water partition coefficient (Wildman–Crippen LogP) is 0.575. The first-order chi connectivity index (χ1) is 9.02. The Balaban J connectivity index is 1.94. The number of likely N-dealkylation sites (tertiary alicyclic amines) is 1. The highest BCUT2D eigenvalue weighted by molar-refractivity contribution is 7.91. The van der Waals surface area contributed by atoms with Crippen molar-refractivity contribution in [2.75, 3.05) is 24.7 Å². The predicted molar refractivity (Wildman–Crippen MR) is 72.4 cm³/mol. The first-order valence-corrected chi connectivity index (χ1v) is 8.95. The molecule has 5 nitrogen and oxygen atoms in total. The van der Waals surface area contributed by atoms with E-state index in [1.165, 1.54) is 0 Å². The second-order valence-electron chi connectivity index (χ2n) is 5.75. The summed E-state index contributed by atoms with van der Waals surface area (Å²) >= 11 is 0. The van der Waals surface area contributed by atoms with Crippen molar-refractivity contribution in [3.63, 3.8) is 0 Å². The molecule has 19 heavy (non-hydrogen) atoms. The van der Waals surface area contributed by atoms with E-state index < -0.39 is 9.84 Å². The summed E-state index contributed by atoms with van der Waals surface area (Å²) in [6, 6.07) is -0.0759. The summed E-state index contributed by atoms with van der Waals surface area (Å²) in [5.41, 5.74) is 0. The molecule has 2 heterocycles. The van der Waals surface area contributed by atoms with Crippen LogP contribution in [0.1, 0.15) is 38.5 Å². The van der Waals surface area contributed by atoms with Gasteiger partial charge in [-0.3, -0.25) is 4.79 Å². The highest BCUT2D eigenvalue weighted by atomic mass is 32.2. The topological polar surface area (TPSA) is 74.7 Å². The molecule has 0 radical (unpaired) electrons. The van der Waals surface area contributed by atoms with Gasteiger partial charge in [0.2, 0.25) is 5.91 Å². The molecule has 2 atom stereocenters. The van der Waals surface area contributed by atoms with Gasteiger partial charge in [-0.1, -0.05) is 12.8 Å². The standard InChI is InChI=1S/C13H23NO4S/c15-9-12-4-2-1-3-6-14(12)13(16)8-11-5-7-19(17,18)10-11/h11-12,15H,1-10H2. The van der Waals surface area contributed by atoms with Gasteiger partial charge in [0.25, 0.3) is 0 Å². The Morgan fingerprint density at radius 3 is 2.63 bits per heavy atom. The summed E-state index contributed by atoms with van der Waals surface area (Å²) in [7, 11) is -2.92. The molecule has 6 heteroatoms. The summed E-state index contributed by atoms with van der Waals surface area (Å²) in [5, 5.41) is 9.39. The van der Waals surface area contributed by atoms with Crippen molar-refractivity contribution in [2.45, 2.75) is 44.6 Å². The maximum absolute atomic E-state index is 12.3. The smallest absolute Gasteiger partial charge is 0.223 e. The van der Waals surface area contributed by atoms with E-state index >= 15 is 0 Å². The van der Waals surface area contributed by atoms with Crippen molar-refractivity contribution in [1.82, 2.24) is 4.90 Å². The molecule has 0 aliphatic carbocycles. The monoisotopic (exact) mass is 289 g/mol. The second kappa shape index (κ2) is 6.22. The fourth-order valence-electron chi connectivity index (χ4n) is 3.09. The van der Waals surface area contributed by atoms with E-state index in [1.807, 2.05) is 0 Å². The van der Waals surface area contributed by atoms with Crippen LogP contribution in [0.25, 0.3) is 0 Å². The van der Waals surface area contributed by atoms with E-state index in [2.05, 4.69) is 0 Å². The summed E-state index contributed by atoms with van der Waals surface area (Å²) < 4.78 is 22.8. The number of hydrogen-bond donors (Lipinski definition) is 1. The van der Waals surface area contributed by atoms with Crippen molar-refractivity contribution in [1.29, 1.82) is 0 Å². The summed E-state index contributed by atoms with van der Waals surface area (Å²) in [6.45, 7) is 0.707. The molecule has 0 saturated carbocycles. The number of carbonyl (C=O) groups is 1. The Morgan fingerprint density at radius 1 is 1.21 bits per heavy atom. The summed E-state index contributed by atoms with van der Waals surface area (Å²) in [4.78, 5) is 14.1. The highest BCUT2D eigenvalue weighted by Crippen LogP contribution is 2.24. The van der Waals surface area contributed by atoms with Crippen LogP contribution >= 0.6 is 0 Å². The molecule has 1 amide bonds. The average Bonchev–Trinajstić information content (AvgIpc) is 2.59. The molecule has 2 rings (SSSR count). The maximum atomic E-state index is 12.3. The minimum atomic E-state index is -2.92. The van der Waals surface area contributed by atoms with Crippen LogP contribution < -0.4 is 0 Å². The lowest BCUT2D eigenvalue weighted by Crippen LogP contribution is -2.42. The zero-order chi connectivity index (χ0) is 13.9. The molecular weight excluding hydrogens is 266 g/mol. The second-order valence-corrected chi connectivity index (χ2v) is 7.97. The van der Waals surface area contributed by atoms with Gasteiger partial charge >= 0.3 is 0 Å². The Hall–Kier alpha value is -0.620. The molecule has 1 N–H and O–H groups in total. The Morgan fingerprint density at radius 2 is 2.00 bits per heavy atom. The van der Waals surface area contributed by atoms with E-state index in [0.29, 0.717) is 19.4 Å². The van der Waals surface area contributed by atoms with Gasteiger partial charge in [0.05, 0.1) is 24.2 Å². The van der Waals surface area contributed by atoms with Gasteiger partial charge in [-0.15, -0.1) is 0 Å². The van der Waals surface area contributed by atoms with Gasteiger partial charge in [0, 0.05) is 13.0 Å². The van der Waals surface area contributed by atoms with Crippen LogP contribution in [0.4, 0.5) is 0 Å². The lowest BCUT2D eigenvalue weighted by atomic mass is 10.0. The minimum Gasteiger partial charge on any atom is -0.394 e. The first-order valence-electron chi connectivity index (χ1n) is 7.12. The number of rotatable bonds is 3. The molecule has 2 fully saturated rings. The number of aliphatic hydroxyl groups is 1. The van der Waals surface area contributed by atoms with Crippen molar-refractivity contribution >= 4 is 15.7 Å². The first kappa shape index (κ1) is 14.8. The molecule has 2 saturated heterocycles. The van der Waals surface area contributed by atoms with Gasteiger partial charge in [-0.05, 0) is 25.2 Å². The summed E-state index contributed by atoms with van der Waals surface area (Å²) in [5.74, 6) is 0.355. The van der Waals surface area contributed by atoms with Crippen LogP contribution in [-0.4, -0.2) is 55.0 Å². The van der Waals surface area contributed by atoms with Crippen molar-refractivity contribution in [3.05, 3.63) is 0 Å². The SMILES string of the molecule is O=C(CC1CCS(=O)(=O)C1)N1CCCCCC1CO. The number of nitrogens with zero attached hydrogens (tertiary/aromatic N) is 1. The average molecular weight is 289 g/mol. The van der Waals surface area contributed by atoms with Crippen LogP contribution in [0.15, 0.2) is 0 Å². The van der Waals surface area contributed by atoms with Crippen molar-refractivity contribution in [2.24, 2.45) is 5.92 Å². The number of aliphatic hydroxyl groups excluding tert-OH is 1. The van der Waals surface area contributed by atoms with Crippen molar-refractivity contribution < 1.29 is 18.3 Å². The van der Waals surface area contributed by atoms with E-state index in [-0.39, 0.29) is 36.0 Å². The minimum absolute atomic E-state index is 0.00864. The lowest BCUT2D eigenvalue weighted by molar-refractivity contribution is -0.135. The molecule has 0 bridgehead atoms. The lowest BCUT2D eigenvalue weighted by Gasteiger charge is -2.29. The molecule has 2 aliphatic rings. The van der Waals surface area contributed by atoms with Gasteiger partial charge in [0.15, 0.2) is 9.84 Å². The molecule has 2 aliphatic heterocycles. The van der Waals surface area contributed by atoms with Crippen LogP contribution in [0, 0.1) is 5.92 Å². The van der Waals surface area contributed by atoms with Crippen LogP contribution in [0.5, 0.6) is 0 Å². The zero-order valence-corrected chi connectivity index (χ0v) is 12.1. The number of sulfone groups is 1. The van der Waals surface area contributed by atoms with Crippen LogP contribution in [0.2, 0.25) is 0 Å². The zero-order valence-electron chi connectivity index (χ0n) is 11.3. The third kappa shape index (κ3) is 3.92. The highest BCUT2D eigenvalue weighted by Gasteiger charge is 2.32. The van der Waals surface area contributed by atoms with E-state index in [0.717, 1.165) is 25.7 Å². The normalized spacial score (nSPS) is 31.1. The Kier molecular flexibility index (Phi) is 4.84. The van der Waals surface area contributed by atoms with Crippen LogP contribution in [0.3, 0.4) is 0 Å². The van der Waals surface area contributed by atoms with Gasteiger partial charge in [-0.25, -0.2) is 8.42 Å². The molecule has 0 aromatic heterocycles. The van der Waals surface area contributed by atoms with Gasteiger partial charge in [0.1, 0.15) is 0 Å². The fraction of sp³-hybridized carbons (Fsp3) is 0.923. The molecule has 2 unspecified atom stereocenters. The Bertz CT molecular complexity index is 420. The third-order valence-corrected chi connectivity index (χ3v) is 6.04. The quantitative estimate of drug-likeness (QED) is 0.824. The third-order valence-electron chi connectivity index (χ3n) is 4.20. The fourth-order valence-corrected chi connectivity index (χ4v) is 4.95. The van der Waals surface area contributed by atoms with Crippen molar-refractivity contribution in [3.8, 4) is 0 Å². The molecule has 0 spiro atoms. The largest absolute Gasteiger partial charge is 0.394 e. The summed E-state index contributed by atoms with van der Waals surface area (Å²) in [6.07, 6.45) is 4.89. The van der Waals surface area contributed by atoms with Gasteiger partial charge < -0.3 is 10.0 Å².